The van der Waals surface area contributed by atoms with Gasteiger partial charge in [0.15, 0.2) is 11.6 Å². The lowest BCUT2D eigenvalue weighted by molar-refractivity contribution is -0.113. The van der Waals surface area contributed by atoms with Crippen LogP contribution in [0, 0.1) is 0 Å². The summed E-state index contributed by atoms with van der Waals surface area (Å²) in [5.41, 5.74) is 0. The van der Waals surface area contributed by atoms with Gasteiger partial charge in [0.25, 0.3) is 0 Å². The molecule has 0 fully saturated rings. The number of allylic oxidation sites excluding steroid dienone is 4. The molecule has 0 spiro atoms. The quantitative estimate of drug-likeness (QED) is 0.520. The number of rotatable bonds is 0. The van der Waals surface area contributed by atoms with E-state index in [0.717, 1.165) is 0 Å². The molecule has 0 aromatic rings. The molecule has 1 aliphatic carbocycles. The van der Waals surface area contributed by atoms with E-state index in [2.05, 4.69) is 0 Å². The summed E-state index contributed by atoms with van der Waals surface area (Å²) in [5, 5.41) is 0. The van der Waals surface area contributed by atoms with Crippen LogP contribution in [0.2, 0.25) is 0 Å². The van der Waals surface area contributed by atoms with Crippen LogP contribution in [0.15, 0.2) is 24.3 Å². The van der Waals surface area contributed by atoms with Crippen LogP contribution in [-0.4, -0.2) is 11.6 Å². The van der Waals surface area contributed by atoms with Gasteiger partial charge in [0.1, 0.15) is 0 Å². The zero-order chi connectivity index (χ0) is 9.98. The van der Waals surface area contributed by atoms with Crippen molar-refractivity contribution in [3.05, 3.63) is 24.3 Å². The molecule has 0 bridgehead atoms. The van der Waals surface area contributed by atoms with E-state index in [0.29, 0.717) is 0 Å². The standard InChI is InChI=1S/C6H4O2.2C2H6/c7-5-1-2-6(8)4-3-5;2*1-2/h1-4H;2*1-2H3. The summed E-state index contributed by atoms with van der Waals surface area (Å²) in [6.45, 7) is 8.00. The van der Waals surface area contributed by atoms with Crippen molar-refractivity contribution in [2.75, 3.05) is 0 Å². The van der Waals surface area contributed by atoms with Gasteiger partial charge in [-0.25, -0.2) is 0 Å². The first-order chi connectivity index (χ1) is 5.79. The molecule has 0 unspecified atom stereocenters. The van der Waals surface area contributed by atoms with Crippen LogP contribution >= 0.6 is 0 Å². The molecule has 0 heterocycles. The molecule has 0 atom stereocenters. The molecule has 0 amide bonds. The third kappa shape index (κ3) is 6.93. The van der Waals surface area contributed by atoms with Crippen LogP contribution in [0.25, 0.3) is 0 Å². The Morgan fingerprint density at radius 2 is 0.833 bits per heavy atom. The normalized spacial score (nSPS) is 12.7. The molecule has 0 saturated heterocycles. The van der Waals surface area contributed by atoms with Gasteiger partial charge in [0, 0.05) is 0 Å². The molecule has 2 heteroatoms. The van der Waals surface area contributed by atoms with Gasteiger partial charge in [-0.2, -0.15) is 0 Å². The molecule has 0 saturated carbocycles. The van der Waals surface area contributed by atoms with E-state index in [1.807, 2.05) is 27.7 Å². The maximum Gasteiger partial charge on any atom is 0.178 e. The molecule has 1 aliphatic rings. The second kappa shape index (κ2) is 9.82. The van der Waals surface area contributed by atoms with Gasteiger partial charge >= 0.3 is 0 Å². The molecule has 0 aliphatic heterocycles. The second-order valence-electron chi connectivity index (χ2n) is 1.47. The molecule has 68 valence electrons. The van der Waals surface area contributed by atoms with Crippen molar-refractivity contribution in [3.63, 3.8) is 0 Å². The lowest BCUT2D eigenvalue weighted by Crippen LogP contribution is -1.97. The van der Waals surface area contributed by atoms with Gasteiger partial charge < -0.3 is 0 Å². The summed E-state index contributed by atoms with van der Waals surface area (Å²) in [5.74, 6) is -0.241. The molecular formula is C10H16O2. The number of hydrogen-bond donors (Lipinski definition) is 0. The Morgan fingerprint density at radius 3 is 1.00 bits per heavy atom. The fourth-order valence-corrected chi connectivity index (χ4v) is 0.440. The Bertz CT molecular complexity index is 150. The highest BCUT2D eigenvalue weighted by Crippen LogP contribution is 1.90. The molecule has 12 heavy (non-hydrogen) atoms. The van der Waals surface area contributed by atoms with E-state index < -0.39 is 0 Å². The fraction of sp³-hybridized carbons (Fsp3) is 0.400. The highest BCUT2D eigenvalue weighted by molar-refractivity contribution is 6.14. The summed E-state index contributed by atoms with van der Waals surface area (Å²) in [6, 6.07) is 0. The van der Waals surface area contributed by atoms with E-state index in [-0.39, 0.29) is 11.6 Å². The Morgan fingerprint density at radius 1 is 0.667 bits per heavy atom. The topological polar surface area (TPSA) is 34.1 Å². The number of carbonyl (C=O) groups excluding carboxylic acids is 2. The minimum absolute atomic E-state index is 0.121. The minimum Gasteiger partial charge on any atom is -0.290 e. The van der Waals surface area contributed by atoms with Crippen LogP contribution in [0.5, 0.6) is 0 Å². The van der Waals surface area contributed by atoms with Crippen molar-refractivity contribution < 1.29 is 9.59 Å². The van der Waals surface area contributed by atoms with Gasteiger partial charge in [-0.3, -0.25) is 9.59 Å². The number of ketones is 2. The lowest BCUT2D eigenvalue weighted by Gasteiger charge is -1.87. The zero-order valence-electron chi connectivity index (χ0n) is 8.13. The summed E-state index contributed by atoms with van der Waals surface area (Å²) in [4.78, 5) is 20.6. The van der Waals surface area contributed by atoms with Crippen molar-refractivity contribution in [1.29, 1.82) is 0 Å². The molecule has 2 nitrogen and oxygen atoms in total. The van der Waals surface area contributed by atoms with Gasteiger partial charge in [-0.05, 0) is 24.3 Å². The molecule has 1 rings (SSSR count). The number of hydrogen-bond acceptors (Lipinski definition) is 2. The summed E-state index contributed by atoms with van der Waals surface area (Å²) in [6.07, 6.45) is 5.01. The first kappa shape index (κ1) is 13.4. The summed E-state index contributed by atoms with van der Waals surface area (Å²) < 4.78 is 0. The Labute approximate surface area is 74.0 Å². The van der Waals surface area contributed by atoms with Crippen molar-refractivity contribution in [1.82, 2.24) is 0 Å². The highest BCUT2D eigenvalue weighted by Gasteiger charge is 1.97. The average molecular weight is 168 g/mol. The van der Waals surface area contributed by atoms with Crippen LogP contribution in [0.1, 0.15) is 27.7 Å². The SMILES string of the molecule is CC.CC.O=C1C=CC(=O)C=C1. The first-order valence-electron chi connectivity index (χ1n) is 4.23. The first-order valence-corrected chi connectivity index (χ1v) is 4.23. The van der Waals surface area contributed by atoms with Crippen molar-refractivity contribution in [3.8, 4) is 0 Å². The van der Waals surface area contributed by atoms with Crippen molar-refractivity contribution >= 4 is 11.6 Å². The van der Waals surface area contributed by atoms with Gasteiger partial charge in [0.2, 0.25) is 0 Å². The summed E-state index contributed by atoms with van der Waals surface area (Å²) >= 11 is 0. The minimum atomic E-state index is -0.121. The molecule has 0 radical (unpaired) electrons. The Balaban J connectivity index is 0. The highest BCUT2D eigenvalue weighted by atomic mass is 16.1. The average Bonchev–Trinajstić information content (AvgIpc) is 2.17. The van der Waals surface area contributed by atoms with Crippen LogP contribution in [0.4, 0.5) is 0 Å². The van der Waals surface area contributed by atoms with E-state index in [1.165, 1.54) is 24.3 Å². The monoisotopic (exact) mass is 168 g/mol. The predicted molar refractivity (Wildman–Crippen MR) is 51.0 cm³/mol. The maximum absolute atomic E-state index is 10.3. The molecular weight excluding hydrogens is 152 g/mol. The maximum atomic E-state index is 10.3. The summed E-state index contributed by atoms with van der Waals surface area (Å²) in [7, 11) is 0. The Hall–Kier alpha value is -1.18. The number of carbonyl (C=O) groups is 2. The lowest BCUT2D eigenvalue weighted by atomic mass is 10.2. The third-order valence-corrected chi connectivity index (χ3v) is 0.824. The van der Waals surface area contributed by atoms with E-state index in [9.17, 15) is 9.59 Å². The van der Waals surface area contributed by atoms with E-state index in [1.54, 1.807) is 0 Å². The van der Waals surface area contributed by atoms with Gasteiger partial charge in [0.05, 0.1) is 0 Å². The van der Waals surface area contributed by atoms with E-state index in [4.69, 9.17) is 0 Å². The van der Waals surface area contributed by atoms with Gasteiger partial charge in [-0.15, -0.1) is 0 Å². The van der Waals surface area contributed by atoms with Crippen LogP contribution in [0.3, 0.4) is 0 Å². The van der Waals surface area contributed by atoms with Crippen molar-refractivity contribution in [2.24, 2.45) is 0 Å². The third-order valence-electron chi connectivity index (χ3n) is 0.824. The molecule has 0 N–H and O–H groups in total. The van der Waals surface area contributed by atoms with Crippen molar-refractivity contribution in [2.45, 2.75) is 27.7 Å². The van der Waals surface area contributed by atoms with Gasteiger partial charge in [-0.1, -0.05) is 27.7 Å². The predicted octanol–water partition coefficient (Wildman–Crippen LogP) is 2.30. The molecule has 0 aromatic carbocycles. The fourth-order valence-electron chi connectivity index (χ4n) is 0.440. The molecule has 0 aromatic heterocycles. The van der Waals surface area contributed by atoms with Crippen LogP contribution < -0.4 is 0 Å². The Kier molecular flexibility index (Phi) is 11.0. The van der Waals surface area contributed by atoms with E-state index >= 15 is 0 Å². The van der Waals surface area contributed by atoms with Crippen LogP contribution in [-0.2, 0) is 9.59 Å². The second-order valence-corrected chi connectivity index (χ2v) is 1.47. The largest absolute Gasteiger partial charge is 0.290 e. The zero-order valence-corrected chi connectivity index (χ0v) is 8.13. The smallest absolute Gasteiger partial charge is 0.178 e.